The van der Waals surface area contributed by atoms with Crippen molar-refractivity contribution in [3.05, 3.63) is 0 Å². The van der Waals surface area contributed by atoms with Crippen molar-refractivity contribution in [2.45, 2.75) is 72.4 Å². The molecule has 1 aliphatic rings. The summed E-state index contributed by atoms with van der Waals surface area (Å²) in [6, 6.07) is -0.460. The van der Waals surface area contributed by atoms with Gasteiger partial charge in [-0.2, -0.15) is 0 Å². The maximum atomic E-state index is 12.2. The molecule has 2 atom stereocenters. The minimum atomic E-state index is -0.460. The maximum Gasteiger partial charge on any atom is 0.237 e. The lowest BCUT2D eigenvalue weighted by Crippen LogP contribution is -2.57. The number of likely N-dealkylation sites (tertiary alicyclic amines) is 1. The van der Waals surface area contributed by atoms with Gasteiger partial charge < -0.3 is 11.1 Å². The molecule has 3 N–H and O–H groups in total. The number of carbonyl (C=O) groups is 1. The largest absolute Gasteiger partial charge is 0.353 e. The van der Waals surface area contributed by atoms with Gasteiger partial charge in [-0.25, -0.2) is 0 Å². The van der Waals surface area contributed by atoms with E-state index in [1.807, 2.05) is 20.8 Å². The van der Waals surface area contributed by atoms with Crippen LogP contribution in [-0.2, 0) is 4.79 Å². The lowest BCUT2D eigenvalue weighted by Gasteiger charge is -2.44. The summed E-state index contributed by atoms with van der Waals surface area (Å²) in [7, 11) is 0. The molecule has 6 heteroatoms. The summed E-state index contributed by atoms with van der Waals surface area (Å²) in [5.74, 6) is 0.755. The number of nitrogens with one attached hydrogen (secondary N) is 1. The fourth-order valence-corrected chi connectivity index (χ4v) is 2.87. The van der Waals surface area contributed by atoms with Crippen molar-refractivity contribution in [3.63, 3.8) is 0 Å². The Bertz CT molecular complexity index is 356. The van der Waals surface area contributed by atoms with Gasteiger partial charge in [-0.3, -0.25) is 9.69 Å². The van der Waals surface area contributed by atoms with Crippen LogP contribution in [0.15, 0.2) is 0 Å². The Labute approximate surface area is 155 Å². The Hall–Kier alpha value is -0.0300. The first-order valence-electron chi connectivity index (χ1n) is 8.36. The minimum absolute atomic E-state index is 0. The molecule has 1 fully saturated rings. The molecule has 0 bridgehead atoms. The molecule has 1 unspecified atom stereocenters. The van der Waals surface area contributed by atoms with Crippen LogP contribution in [-0.4, -0.2) is 42.0 Å². The smallest absolute Gasteiger partial charge is 0.237 e. The molecule has 1 rings (SSSR count). The molecule has 0 aliphatic carbocycles. The van der Waals surface area contributed by atoms with Gasteiger partial charge in [0.2, 0.25) is 5.91 Å². The third-order valence-electron chi connectivity index (χ3n) is 4.86. The lowest BCUT2D eigenvalue weighted by molar-refractivity contribution is -0.125. The Morgan fingerprint density at radius 2 is 1.83 bits per heavy atom. The van der Waals surface area contributed by atoms with E-state index >= 15 is 0 Å². The van der Waals surface area contributed by atoms with E-state index in [0.29, 0.717) is 6.54 Å². The number of carbonyl (C=O) groups excluding carboxylic acids is 1. The summed E-state index contributed by atoms with van der Waals surface area (Å²) in [4.78, 5) is 14.7. The standard InChI is InChI=1S/C17H35N3O.2ClH/c1-7-13-9-8-10-20(11-13)17(5,6)12-19-15(21)14(18)16(2,3)4;;/h13-14H,7-12,18H2,1-6H3,(H,19,21);2*1H/t13?,14-;;/m1../s1. The molecule has 0 aromatic carbocycles. The van der Waals surface area contributed by atoms with Crippen molar-refractivity contribution in [3.8, 4) is 0 Å². The molecule has 0 aromatic heterocycles. The first-order chi connectivity index (χ1) is 9.58. The summed E-state index contributed by atoms with van der Waals surface area (Å²) in [5, 5.41) is 3.05. The molecule has 0 radical (unpaired) electrons. The van der Waals surface area contributed by atoms with Gasteiger partial charge in [0, 0.05) is 18.6 Å². The molecule has 1 aliphatic heterocycles. The topological polar surface area (TPSA) is 58.4 Å². The zero-order valence-electron chi connectivity index (χ0n) is 15.6. The second-order valence-electron chi connectivity index (χ2n) is 8.24. The lowest BCUT2D eigenvalue weighted by atomic mass is 9.86. The highest BCUT2D eigenvalue weighted by Crippen LogP contribution is 2.25. The highest BCUT2D eigenvalue weighted by molar-refractivity contribution is 5.85. The Balaban J connectivity index is 0. The van der Waals surface area contributed by atoms with E-state index in [1.165, 1.54) is 19.3 Å². The fourth-order valence-electron chi connectivity index (χ4n) is 2.87. The summed E-state index contributed by atoms with van der Waals surface area (Å²) in [6.45, 7) is 15.6. The van der Waals surface area contributed by atoms with Crippen LogP contribution >= 0.6 is 24.8 Å². The Morgan fingerprint density at radius 1 is 1.26 bits per heavy atom. The first kappa shape index (κ1) is 25.2. The average Bonchev–Trinajstić information content (AvgIpc) is 2.43. The first-order valence-corrected chi connectivity index (χ1v) is 8.36. The number of piperidine rings is 1. The third kappa shape index (κ3) is 7.59. The summed E-state index contributed by atoms with van der Waals surface area (Å²) in [5.41, 5.74) is 5.81. The van der Waals surface area contributed by atoms with Crippen molar-refractivity contribution < 1.29 is 4.79 Å². The second-order valence-corrected chi connectivity index (χ2v) is 8.24. The number of nitrogens with zero attached hydrogens (tertiary/aromatic N) is 1. The van der Waals surface area contributed by atoms with Crippen molar-refractivity contribution >= 4 is 30.7 Å². The molecule has 140 valence electrons. The zero-order chi connectivity index (χ0) is 16.3. The highest BCUT2D eigenvalue weighted by atomic mass is 35.5. The second kappa shape index (κ2) is 10.1. The van der Waals surface area contributed by atoms with Gasteiger partial charge in [0.25, 0.3) is 0 Å². The van der Waals surface area contributed by atoms with Crippen LogP contribution in [0.25, 0.3) is 0 Å². The predicted octanol–water partition coefficient (Wildman–Crippen LogP) is 3.22. The molecule has 1 heterocycles. The van der Waals surface area contributed by atoms with Crippen LogP contribution in [0.5, 0.6) is 0 Å². The van der Waals surface area contributed by atoms with Crippen LogP contribution in [0.4, 0.5) is 0 Å². The molecule has 4 nitrogen and oxygen atoms in total. The normalized spacial score (nSPS) is 20.9. The third-order valence-corrected chi connectivity index (χ3v) is 4.86. The van der Waals surface area contributed by atoms with E-state index < -0.39 is 6.04 Å². The SMILES string of the molecule is CCC1CCCN(C(C)(C)CNC(=O)[C@@H](N)C(C)(C)C)C1.Cl.Cl. The predicted molar refractivity (Wildman–Crippen MR) is 104 cm³/mol. The summed E-state index contributed by atoms with van der Waals surface area (Å²) < 4.78 is 0. The van der Waals surface area contributed by atoms with Crippen molar-refractivity contribution in [2.75, 3.05) is 19.6 Å². The highest BCUT2D eigenvalue weighted by Gasteiger charge is 2.33. The fraction of sp³-hybridized carbons (Fsp3) is 0.941. The number of halogens is 2. The van der Waals surface area contributed by atoms with Gasteiger partial charge in [-0.15, -0.1) is 24.8 Å². The average molecular weight is 370 g/mol. The van der Waals surface area contributed by atoms with E-state index in [9.17, 15) is 4.79 Å². The molecule has 1 saturated heterocycles. The summed E-state index contributed by atoms with van der Waals surface area (Å²) >= 11 is 0. The van der Waals surface area contributed by atoms with Crippen molar-refractivity contribution in [1.82, 2.24) is 10.2 Å². The van der Waals surface area contributed by atoms with E-state index in [1.54, 1.807) is 0 Å². The quantitative estimate of drug-likeness (QED) is 0.781. The van der Waals surface area contributed by atoms with Crippen molar-refractivity contribution in [1.29, 1.82) is 0 Å². The molecule has 23 heavy (non-hydrogen) atoms. The van der Waals surface area contributed by atoms with Crippen LogP contribution in [0.2, 0.25) is 0 Å². The van der Waals surface area contributed by atoms with E-state index in [2.05, 4.69) is 31.0 Å². The van der Waals surface area contributed by atoms with E-state index in [0.717, 1.165) is 19.0 Å². The van der Waals surface area contributed by atoms with E-state index in [-0.39, 0.29) is 41.7 Å². The van der Waals surface area contributed by atoms with Crippen LogP contribution in [0, 0.1) is 11.3 Å². The number of nitrogens with two attached hydrogens (primary N) is 1. The Kier molecular flexibility index (Phi) is 11.0. The van der Waals surface area contributed by atoms with Gasteiger partial charge in [-0.05, 0) is 44.6 Å². The van der Waals surface area contributed by atoms with Gasteiger partial charge >= 0.3 is 0 Å². The molecule has 0 spiro atoms. The monoisotopic (exact) mass is 369 g/mol. The molecule has 0 saturated carbocycles. The van der Waals surface area contributed by atoms with Crippen LogP contribution < -0.4 is 11.1 Å². The molecular weight excluding hydrogens is 333 g/mol. The van der Waals surface area contributed by atoms with Crippen molar-refractivity contribution in [2.24, 2.45) is 17.1 Å². The minimum Gasteiger partial charge on any atom is -0.353 e. The molecule has 1 amide bonds. The maximum absolute atomic E-state index is 12.2. The number of rotatable bonds is 5. The summed E-state index contributed by atoms with van der Waals surface area (Å²) in [6.07, 6.45) is 3.84. The van der Waals surface area contributed by atoms with Gasteiger partial charge in [0.05, 0.1) is 6.04 Å². The Morgan fingerprint density at radius 3 is 2.30 bits per heavy atom. The number of hydrogen-bond acceptors (Lipinski definition) is 3. The number of amides is 1. The molecule has 0 aromatic rings. The van der Waals surface area contributed by atoms with Gasteiger partial charge in [0.15, 0.2) is 0 Å². The van der Waals surface area contributed by atoms with Crippen LogP contribution in [0.1, 0.15) is 60.8 Å². The van der Waals surface area contributed by atoms with Gasteiger partial charge in [0.1, 0.15) is 0 Å². The number of hydrogen-bond donors (Lipinski definition) is 2. The molecular formula is C17H37Cl2N3O. The zero-order valence-corrected chi connectivity index (χ0v) is 17.3. The van der Waals surface area contributed by atoms with Crippen LogP contribution in [0.3, 0.4) is 0 Å². The van der Waals surface area contributed by atoms with Gasteiger partial charge in [-0.1, -0.05) is 34.1 Å². The van der Waals surface area contributed by atoms with E-state index in [4.69, 9.17) is 5.73 Å².